The maximum absolute atomic E-state index is 11.4. The Morgan fingerprint density at radius 2 is 2.05 bits per heavy atom. The molecule has 6 heteroatoms. The van der Waals surface area contributed by atoms with Crippen LogP contribution in [0.5, 0.6) is 0 Å². The van der Waals surface area contributed by atoms with Crippen molar-refractivity contribution in [2.45, 2.75) is 13.0 Å². The number of cyclic esters (lactones) is 1. The molecule has 0 radical (unpaired) electrons. The molecule has 120 valence electrons. The number of piperazine rings is 1. The molecule has 0 aromatic carbocycles. The number of hydrogen-bond donors (Lipinski definition) is 0. The van der Waals surface area contributed by atoms with E-state index in [9.17, 15) is 4.79 Å². The molecule has 0 unspecified atom stereocenters. The van der Waals surface area contributed by atoms with Gasteiger partial charge in [-0.05, 0) is 18.6 Å². The third-order valence-corrected chi connectivity index (χ3v) is 4.65. The number of carbonyl (C=O) groups is 1. The fourth-order valence-electron chi connectivity index (χ4n) is 3.10. The average Bonchev–Trinajstić information content (AvgIpc) is 2.99. The molecule has 1 aromatic rings. The molecule has 0 bridgehead atoms. The molecule has 0 saturated carbocycles. The number of ether oxygens (including phenoxy) is 1. The van der Waals surface area contributed by atoms with Gasteiger partial charge in [0.05, 0.1) is 6.54 Å². The number of aromatic nitrogens is 1. The van der Waals surface area contributed by atoms with Crippen LogP contribution in [-0.4, -0.2) is 78.2 Å². The van der Waals surface area contributed by atoms with E-state index in [0.717, 1.165) is 45.8 Å². The first-order valence-corrected chi connectivity index (χ1v) is 8.02. The second-order valence-corrected chi connectivity index (χ2v) is 5.94. The molecule has 2 saturated heterocycles. The Labute approximate surface area is 131 Å². The highest BCUT2D eigenvalue weighted by molar-refractivity contribution is 5.69. The molecule has 2 fully saturated rings. The summed E-state index contributed by atoms with van der Waals surface area (Å²) in [4.78, 5) is 22.3. The largest absolute Gasteiger partial charge is 0.448 e. The van der Waals surface area contributed by atoms with Gasteiger partial charge in [-0.15, -0.1) is 0 Å². The quantitative estimate of drug-likeness (QED) is 0.818. The Balaban J connectivity index is 1.43. The normalized spacial score (nSPS) is 21.9. The van der Waals surface area contributed by atoms with Crippen LogP contribution in [0, 0.1) is 0 Å². The highest BCUT2D eigenvalue weighted by atomic mass is 16.6. The Kier molecular flexibility index (Phi) is 4.90. The Morgan fingerprint density at radius 3 is 2.68 bits per heavy atom. The molecule has 2 aliphatic rings. The summed E-state index contributed by atoms with van der Waals surface area (Å²) in [5, 5.41) is 0. The van der Waals surface area contributed by atoms with Crippen molar-refractivity contribution >= 4 is 6.09 Å². The Morgan fingerprint density at radius 1 is 1.23 bits per heavy atom. The maximum atomic E-state index is 11.4. The Hall–Kier alpha value is -1.66. The average molecular weight is 304 g/mol. The van der Waals surface area contributed by atoms with Crippen molar-refractivity contribution in [2.75, 3.05) is 52.4 Å². The first kappa shape index (κ1) is 15.2. The maximum Gasteiger partial charge on any atom is 0.409 e. The zero-order chi connectivity index (χ0) is 15.4. The minimum Gasteiger partial charge on any atom is -0.448 e. The minimum atomic E-state index is -0.163. The molecule has 1 amide bonds. The van der Waals surface area contributed by atoms with Crippen molar-refractivity contribution in [1.29, 1.82) is 0 Å². The first-order chi connectivity index (χ1) is 10.7. The number of hydrogen-bond acceptors (Lipinski definition) is 5. The molecule has 3 rings (SSSR count). The van der Waals surface area contributed by atoms with Crippen molar-refractivity contribution in [3.05, 3.63) is 30.1 Å². The van der Waals surface area contributed by atoms with Crippen molar-refractivity contribution in [3.8, 4) is 0 Å². The van der Waals surface area contributed by atoms with Crippen molar-refractivity contribution in [2.24, 2.45) is 0 Å². The third kappa shape index (κ3) is 3.56. The van der Waals surface area contributed by atoms with Crippen molar-refractivity contribution < 1.29 is 9.53 Å². The van der Waals surface area contributed by atoms with Gasteiger partial charge in [-0.25, -0.2) is 4.79 Å². The van der Waals surface area contributed by atoms with Crippen LogP contribution in [0.2, 0.25) is 0 Å². The molecule has 2 aliphatic heterocycles. The molecule has 0 N–H and O–H groups in total. The SMILES string of the molecule is C[C@@H](c1cccnc1)N1CCN(CCN2CCOC2=O)CC1. The number of carbonyl (C=O) groups excluding carboxylic acids is 1. The number of nitrogens with zero attached hydrogens (tertiary/aromatic N) is 4. The molecular formula is C16H24N4O2. The van der Waals surface area contributed by atoms with Crippen LogP contribution in [0.1, 0.15) is 18.5 Å². The standard InChI is InChI=1S/C16H24N4O2/c1-14(15-3-2-4-17-13-15)19-8-5-18(6-9-19)7-10-20-11-12-22-16(20)21/h2-4,13-14H,5-12H2,1H3/t14-/m0/s1. The van der Waals surface area contributed by atoms with E-state index in [4.69, 9.17) is 4.74 Å². The van der Waals surface area contributed by atoms with E-state index in [1.54, 1.807) is 4.90 Å². The van der Waals surface area contributed by atoms with Gasteiger partial charge in [0.2, 0.25) is 0 Å². The van der Waals surface area contributed by atoms with Gasteiger partial charge in [-0.2, -0.15) is 0 Å². The summed E-state index contributed by atoms with van der Waals surface area (Å²) in [6, 6.07) is 4.55. The van der Waals surface area contributed by atoms with Gasteiger partial charge in [-0.3, -0.25) is 14.8 Å². The second-order valence-electron chi connectivity index (χ2n) is 5.94. The van der Waals surface area contributed by atoms with E-state index in [2.05, 4.69) is 27.8 Å². The summed E-state index contributed by atoms with van der Waals surface area (Å²) in [7, 11) is 0. The predicted molar refractivity (Wildman–Crippen MR) is 83.6 cm³/mol. The lowest BCUT2D eigenvalue weighted by atomic mass is 10.1. The van der Waals surface area contributed by atoms with Gasteiger partial charge in [-0.1, -0.05) is 6.07 Å². The lowest BCUT2D eigenvalue weighted by Crippen LogP contribution is -2.49. The first-order valence-electron chi connectivity index (χ1n) is 8.02. The van der Waals surface area contributed by atoms with Gasteiger partial charge < -0.3 is 9.64 Å². The summed E-state index contributed by atoms with van der Waals surface area (Å²) in [6.07, 6.45) is 3.61. The molecule has 0 spiro atoms. The van der Waals surface area contributed by atoms with Crippen LogP contribution >= 0.6 is 0 Å². The summed E-state index contributed by atoms with van der Waals surface area (Å²) in [5.74, 6) is 0. The van der Waals surface area contributed by atoms with Gasteiger partial charge in [0.1, 0.15) is 6.61 Å². The summed E-state index contributed by atoms with van der Waals surface area (Å²) >= 11 is 0. The van der Waals surface area contributed by atoms with Gasteiger partial charge >= 0.3 is 6.09 Å². The van der Waals surface area contributed by atoms with E-state index >= 15 is 0 Å². The summed E-state index contributed by atoms with van der Waals surface area (Å²) < 4.78 is 4.96. The molecular weight excluding hydrogens is 280 g/mol. The number of amides is 1. The molecule has 6 nitrogen and oxygen atoms in total. The van der Waals surface area contributed by atoms with Crippen LogP contribution < -0.4 is 0 Å². The van der Waals surface area contributed by atoms with Gasteiger partial charge in [0.15, 0.2) is 0 Å². The third-order valence-electron chi connectivity index (χ3n) is 4.65. The van der Waals surface area contributed by atoms with E-state index < -0.39 is 0 Å². The van der Waals surface area contributed by atoms with Crippen molar-refractivity contribution in [1.82, 2.24) is 19.7 Å². The van der Waals surface area contributed by atoms with Crippen LogP contribution in [-0.2, 0) is 4.74 Å². The van der Waals surface area contributed by atoms with E-state index in [-0.39, 0.29) is 6.09 Å². The zero-order valence-electron chi connectivity index (χ0n) is 13.1. The van der Waals surface area contributed by atoms with Crippen molar-refractivity contribution in [3.63, 3.8) is 0 Å². The smallest absolute Gasteiger partial charge is 0.409 e. The van der Waals surface area contributed by atoms with Gasteiger partial charge in [0.25, 0.3) is 0 Å². The molecule has 1 aromatic heterocycles. The minimum absolute atomic E-state index is 0.163. The van der Waals surface area contributed by atoms with Crippen LogP contribution in [0.15, 0.2) is 24.5 Å². The second kappa shape index (κ2) is 7.07. The lowest BCUT2D eigenvalue weighted by Gasteiger charge is -2.38. The number of pyridine rings is 1. The molecule has 3 heterocycles. The topological polar surface area (TPSA) is 48.9 Å². The van der Waals surface area contributed by atoms with Gasteiger partial charge in [0, 0.05) is 57.7 Å². The van der Waals surface area contributed by atoms with Crippen LogP contribution in [0.25, 0.3) is 0 Å². The van der Waals surface area contributed by atoms with E-state index in [1.807, 2.05) is 18.5 Å². The fraction of sp³-hybridized carbons (Fsp3) is 0.625. The summed E-state index contributed by atoms with van der Waals surface area (Å²) in [6.45, 7) is 9.43. The predicted octanol–water partition coefficient (Wildman–Crippen LogP) is 1.21. The summed E-state index contributed by atoms with van der Waals surface area (Å²) in [5.41, 5.74) is 1.27. The molecule has 22 heavy (non-hydrogen) atoms. The highest BCUT2D eigenvalue weighted by Gasteiger charge is 2.25. The van der Waals surface area contributed by atoms with Crippen LogP contribution in [0.4, 0.5) is 4.79 Å². The molecule has 0 aliphatic carbocycles. The zero-order valence-corrected chi connectivity index (χ0v) is 13.1. The van der Waals surface area contributed by atoms with E-state index in [0.29, 0.717) is 12.6 Å². The number of rotatable bonds is 5. The van der Waals surface area contributed by atoms with E-state index in [1.165, 1.54) is 5.56 Å². The Bertz CT molecular complexity index is 488. The monoisotopic (exact) mass is 304 g/mol. The highest BCUT2D eigenvalue weighted by Crippen LogP contribution is 2.20. The molecule has 1 atom stereocenters. The van der Waals surface area contributed by atoms with Crippen LogP contribution in [0.3, 0.4) is 0 Å². The lowest BCUT2D eigenvalue weighted by molar-refractivity contribution is 0.0957. The fourth-order valence-corrected chi connectivity index (χ4v) is 3.10.